The van der Waals surface area contributed by atoms with Crippen molar-refractivity contribution in [3.05, 3.63) is 63.6 Å². The van der Waals surface area contributed by atoms with Gasteiger partial charge in [0.1, 0.15) is 0 Å². The molecule has 6 nitrogen and oxygen atoms in total. The van der Waals surface area contributed by atoms with Gasteiger partial charge in [-0.05, 0) is 49.7 Å². The molecule has 2 aromatic carbocycles. The Morgan fingerprint density at radius 3 is 2.36 bits per heavy atom. The largest absolute Gasteiger partial charge is 0.372 e. The zero-order chi connectivity index (χ0) is 20.5. The Hall–Kier alpha value is -2.57. The van der Waals surface area contributed by atoms with Crippen molar-refractivity contribution in [3.63, 3.8) is 0 Å². The Morgan fingerprint density at radius 1 is 1.07 bits per heavy atom. The molecule has 28 heavy (non-hydrogen) atoms. The second-order valence-electron chi connectivity index (χ2n) is 5.86. The van der Waals surface area contributed by atoms with Crippen LogP contribution in [0.15, 0.2) is 47.6 Å². The molecule has 2 aromatic rings. The molecular weight excluding hydrogens is 399 g/mol. The van der Waals surface area contributed by atoms with Crippen LogP contribution in [0.25, 0.3) is 0 Å². The van der Waals surface area contributed by atoms with Gasteiger partial charge in [0.2, 0.25) is 0 Å². The van der Waals surface area contributed by atoms with Crippen LogP contribution in [-0.4, -0.2) is 37.7 Å². The van der Waals surface area contributed by atoms with E-state index in [1.54, 1.807) is 12.3 Å². The van der Waals surface area contributed by atoms with Crippen molar-refractivity contribution >= 4 is 46.9 Å². The molecule has 2 rings (SSSR count). The zero-order valence-corrected chi connectivity index (χ0v) is 17.2. The number of hydrogen-bond donors (Lipinski definition) is 2. The fraction of sp³-hybridized carbons (Fsp3) is 0.250. The van der Waals surface area contributed by atoms with Crippen molar-refractivity contribution in [1.82, 2.24) is 10.7 Å². The highest BCUT2D eigenvalue weighted by Gasteiger charge is 2.11. The first-order valence-electron chi connectivity index (χ1n) is 8.84. The van der Waals surface area contributed by atoms with E-state index in [2.05, 4.69) is 34.6 Å². The van der Waals surface area contributed by atoms with Crippen LogP contribution in [0.2, 0.25) is 10.0 Å². The Morgan fingerprint density at radius 2 is 1.75 bits per heavy atom. The average Bonchev–Trinajstić information content (AvgIpc) is 2.68. The molecule has 0 aliphatic heterocycles. The SMILES string of the molecule is CCN(CC)c1ccc(/C=N/NC(=O)CNC(=O)c2ccc(Cl)cc2Cl)cc1. The van der Waals surface area contributed by atoms with E-state index < -0.39 is 11.8 Å². The Labute approximate surface area is 174 Å². The first kappa shape index (κ1) is 21.7. The molecule has 0 heterocycles. The summed E-state index contributed by atoms with van der Waals surface area (Å²) in [6.45, 7) is 5.86. The van der Waals surface area contributed by atoms with Gasteiger partial charge in [-0.15, -0.1) is 0 Å². The molecule has 0 fully saturated rings. The van der Waals surface area contributed by atoms with E-state index >= 15 is 0 Å². The van der Waals surface area contributed by atoms with Gasteiger partial charge in [0.05, 0.1) is 23.3 Å². The number of carbonyl (C=O) groups is 2. The van der Waals surface area contributed by atoms with Crippen molar-refractivity contribution in [2.75, 3.05) is 24.5 Å². The van der Waals surface area contributed by atoms with Gasteiger partial charge in [0, 0.05) is 23.8 Å². The number of benzene rings is 2. The molecule has 0 aliphatic carbocycles. The van der Waals surface area contributed by atoms with E-state index in [1.807, 2.05) is 24.3 Å². The summed E-state index contributed by atoms with van der Waals surface area (Å²) in [7, 11) is 0. The maximum atomic E-state index is 12.1. The number of carbonyl (C=O) groups excluding carboxylic acids is 2. The van der Waals surface area contributed by atoms with E-state index in [0.29, 0.717) is 5.02 Å². The lowest BCUT2D eigenvalue weighted by molar-refractivity contribution is -0.120. The number of halogens is 2. The van der Waals surface area contributed by atoms with Crippen LogP contribution >= 0.6 is 23.2 Å². The highest BCUT2D eigenvalue weighted by atomic mass is 35.5. The lowest BCUT2D eigenvalue weighted by Crippen LogP contribution is -2.35. The van der Waals surface area contributed by atoms with Crippen molar-refractivity contribution in [2.24, 2.45) is 5.10 Å². The second-order valence-corrected chi connectivity index (χ2v) is 6.71. The van der Waals surface area contributed by atoms with Crippen LogP contribution in [-0.2, 0) is 4.79 Å². The van der Waals surface area contributed by atoms with Crippen molar-refractivity contribution < 1.29 is 9.59 Å². The molecule has 2 N–H and O–H groups in total. The highest BCUT2D eigenvalue weighted by Crippen LogP contribution is 2.20. The summed E-state index contributed by atoms with van der Waals surface area (Å²) in [6.07, 6.45) is 1.54. The van der Waals surface area contributed by atoms with Gasteiger partial charge in [0.25, 0.3) is 11.8 Å². The minimum Gasteiger partial charge on any atom is -0.372 e. The highest BCUT2D eigenvalue weighted by molar-refractivity contribution is 6.36. The molecule has 0 aromatic heterocycles. The molecule has 0 radical (unpaired) electrons. The van der Waals surface area contributed by atoms with E-state index in [0.717, 1.165) is 24.3 Å². The average molecular weight is 421 g/mol. The van der Waals surface area contributed by atoms with E-state index in [-0.39, 0.29) is 17.1 Å². The Kier molecular flexibility index (Phi) is 8.29. The van der Waals surface area contributed by atoms with E-state index in [9.17, 15) is 9.59 Å². The van der Waals surface area contributed by atoms with E-state index in [4.69, 9.17) is 23.2 Å². The fourth-order valence-corrected chi connectivity index (χ4v) is 3.00. The van der Waals surface area contributed by atoms with Crippen LogP contribution in [0, 0.1) is 0 Å². The summed E-state index contributed by atoms with van der Waals surface area (Å²) in [6, 6.07) is 12.4. The monoisotopic (exact) mass is 420 g/mol. The third-order valence-electron chi connectivity index (χ3n) is 4.01. The maximum Gasteiger partial charge on any atom is 0.259 e. The Balaban J connectivity index is 1.82. The van der Waals surface area contributed by atoms with Gasteiger partial charge in [0.15, 0.2) is 0 Å². The maximum absolute atomic E-state index is 12.1. The predicted octanol–water partition coefficient (Wildman–Crippen LogP) is 3.72. The summed E-state index contributed by atoms with van der Waals surface area (Å²) < 4.78 is 0. The summed E-state index contributed by atoms with van der Waals surface area (Å²) in [5, 5.41) is 7.03. The fourth-order valence-electron chi connectivity index (χ4n) is 2.51. The number of nitrogens with one attached hydrogen (secondary N) is 2. The van der Waals surface area contributed by atoms with Gasteiger partial charge in [-0.2, -0.15) is 5.10 Å². The molecule has 0 atom stereocenters. The van der Waals surface area contributed by atoms with Crippen LogP contribution in [0.1, 0.15) is 29.8 Å². The molecule has 0 saturated carbocycles. The van der Waals surface area contributed by atoms with Crippen molar-refractivity contribution in [3.8, 4) is 0 Å². The van der Waals surface area contributed by atoms with Crippen LogP contribution < -0.4 is 15.6 Å². The third kappa shape index (κ3) is 6.25. The summed E-state index contributed by atoms with van der Waals surface area (Å²) >= 11 is 11.8. The topological polar surface area (TPSA) is 73.8 Å². The number of anilines is 1. The second kappa shape index (κ2) is 10.7. The van der Waals surface area contributed by atoms with Crippen molar-refractivity contribution in [1.29, 1.82) is 0 Å². The smallest absolute Gasteiger partial charge is 0.259 e. The minimum absolute atomic E-state index is 0.219. The van der Waals surface area contributed by atoms with Gasteiger partial charge >= 0.3 is 0 Å². The Bertz CT molecular complexity index is 850. The number of rotatable bonds is 8. The lowest BCUT2D eigenvalue weighted by Gasteiger charge is -2.20. The number of amides is 2. The first-order valence-corrected chi connectivity index (χ1v) is 9.60. The molecule has 8 heteroatoms. The third-order valence-corrected chi connectivity index (χ3v) is 4.56. The van der Waals surface area contributed by atoms with Crippen LogP contribution in [0.4, 0.5) is 5.69 Å². The van der Waals surface area contributed by atoms with Gasteiger partial charge in [-0.3, -0.25) is 9.59 Å². The molecule has 0 saturated heterocycles. The van der Waals surface area contributed by atoms with Crippen molar-refractivity contribution in [2.45, 2.75) is 13.8 Å². The zero-order valence-electron chi connectivity index (χ0n) is 15.7. The van der Waals surface area contributed by atoms with Gasteiger partial charge in [-0.25, -0.2) is 5.43 Å². The predicted molar refractivity (Wildman–Crippen MR) is 115 cm³/mol. The molecular formula is C20H22Cl2N4O2. The summed E-state index contributed by atoms with van der Waals surface area (Å²) in [4.78, 5) is 26.1. The molecule has 2 amide bonds. The number of hydrazone groups is 1. The summed E-state index contributed by atoms with van der Waals surface area (Å²) in [5.41, 5.74) is 4.61. The molecule has 0 aliphatic rings. The standard InChI is InChI=1S/C20H22Cl2N4O2/c1-3-26(4-2)16-8-5-14(6-9-16)12-24-25-19(27)13-23-20(28)17-10-7-15(21)11-18(17)22/h5-12H,3-4,13H2,1-2H3,(H,23,28)(H,25,27)/b24-12+. The van der Waals surface area contributed by atoms with Crippen LogP contribution in [0.3, 0.4) is 0 Å². The quantitative estimate of drug-likeness (QED) is 0.504. The van der Waals surface area contributed by atoms with Gasteiger partial charge < -0.3 is 10.2 Å². The lowest BCUT2D eigenvalue weighted by atomic mass is 10.2. The molecule has 148 valence electrons. The summed E-state index contributed by atoms with van der Waals surface area (Å²) in [5.74, 6) is -0.915. The van der Waals surface area contributed by atoms with Gasteiger partial charge in [-0.1, -0.05) is 35.3 Å². The minimum atomic E-state index is -0.465. The first-order chi connectivity index (χ1) is 13.4. The molecule has 0 spiro atoms. The number of hydrogen-bond acceptors (Lipinski definition) is 4. The van der Waals surface area contributed by atoms with E-state index in [1.165, 1.54) is 12.1 Å². The molecule has 0 bridgehead atoms. The van der Waals surface area contributed by atoms with Crippen LogP contribution in [0.5, 0.6) is 0 Å². The normalized spacial score (nSPS) is 10.7. The molecule has 0 unspecified atom stereocenters. The number of nitrogens with zero attached hydrogens (tertiary/aromatic N) is 2.